The average molecular weight is 483 g/mol. The topological polar surface area (TPSA) is 48.8 Å². The zero-order valence-electron chi connectivity index (χ0n) is 21.4. The molecule has 2 atom stereocenters. The molecule has 0 amide bonds. The van der Waals surface area contributed by atoms with Crippen molar-refractivity contribution in [3.8, 4) is 0 Å². The molecule has 186 valence electrons. The van der Waals surface area contributed by atoms with Crippen LogP contribution in [0, 0.1) is 11.7 Å². The second kappa shape index (κ2) is 11.8. The fourth-order valence-corrected chi connectivity index (χ4v) is 4.31. The molecule has 0 saturated heterocycles. The van der Waals surface area contributed by atoms with Crippen molar-refractivity contribution in [1.82, 2.24) is 5.32 Å². The van der Waals surface area contributed by atoms with Gasteiger partial charge in [0.05, 0.1) is 17.5 Å². The third kappa shape index (κ3) is 6.09. The molecule has 3 aromatic carbocycles. The fraction of sp³-hybridized carbons (Fsp3) is 0.290. The van der Waals surface area contributed by atoms with E-state index in [1.165, 1.54) is 17.7 Å². The quantitative estimate of drug-likeness (QED) is 0.296. The molecule has 4 nitrogen and oxygen atoms in total. The highest BCUT2D eigenvalue weighted by molar-refractivity contribution is 6.20. The van der Waals surface area contributed by atoms with Crippen LogP contribution in [-0.2, 0) is 0 Å². The highest BCUT2D eigenvalue weighted by atomic mass is 19.1. The van der Waals surface area contributed by atoms with Crippen LogP contribution in [0.4, 0.5) is 10.1 Å². The van der Waals surface area contributed by atoms with E-state index in [-0.39, 0.29) is 11.9 Å². The predicted molar refractivity (Wildman–Crippen MR) is 150 cm³/mol. The van der Waals surface area contributed by atoms with Gasteiger partial charge in [0.1, 0.15) is 5.82 Å². The predicted octanol–water partition coefficient (Wildman–Crippen LogP) is 7.59. The van der Waals surface area contributed by atoms with Crippen molar-refractivity contribution >= 4 is 22.8 Å². The lowest BCUT2D eigenvalue weighted by Gasteiger charge is -2.26. The number of halogens is 1. The molecule has 0 aliphatic carbocycles. The summed E-state index contributed by atoms with van der Waals surface area (Å²) in [6.45, 7) is 11.7. The summed E-state index contributed by atoms with van der Waals surface area (Å²) in [5.41, 5.74) is 8.16. The Hall–Kier alpha value is -3.73. The van der Waals surface area contributed by atoms with Crippen LogP contribution < -0.4 is 10.6 Å². The largest absolute Gasteiger partial charge is 0.385 e. The van der Waals surface area contributed by atoms with Crippen LogP contribution in [0.15, 0.2) is 89.6 Å². The van der Waals surface area contributed by atoms with E-state index in [4.69, 9.17) is 0 Å². The van der Waals surface area contributed by atoms with Crippen molar-refractivity contribution in [3.63, 3.8) is 0 Å². The molecule has 3 aromatic rings. The van der Waals surface area contributed by atoms with Crippen LogP contribution in [0.25, 0.3) is 5.70 Å². The van der Waals surface area contributed by atoms with Gasteiger partial charge in [0.2, 0.25) is 0 Å². The lowest BCUT2D eigenvalue weighted by molar-refractivity contribution is 0.482. The van der Waals surface area contributed by atoms with Crippen molar-refractivity contribution in [2.24, 2.45) is 16.1 Å². The van der Waals surface area contributed by atoms with Gasteiger partial charge in [-0.2, -0.15) is 10.2 Å². The SMILES string of the molecule is C=C(NCCC)c1ccc(NC(c2ccc(C3=NN=C(c4ccc(F)cc4)C3)cc2)C(C)CC)cc1. The van der Waals surface area contributed by atoms with Gasteiger partial charge in [0, 0.05) is 24.4 Å². The number of nitrogens with zero attached hydrogens (tertiary/aromatic N) is 2. The minimum atomic E-state index is -0.246. The summed E-state index contributed by atoms with van der Waals surface area (Å²) in [5.74, 6) is 0.206. The van der Waals surface area contributed by atoms with E-state index in [1.54, 1.807) is 12.1 Å². The number of hydrogen-bond donors (Lipinski definition) is 2. The molecule has 0 radical (unpaired) electrons. The number of benzene rings is 3. The van der Waals surface area contributed by atoms with E-state index in [0.717, 1.165) is 58.9 Å². The zero-order chi connectivity index (χ0) is 25.5. The Bertz CT molecular complexity index is 1230. The van der Waals surface area contributed by atoms with Crippen molar-refractivity contribution in [3.05, 3.63) is 107 Å². The maximum atomic E-state index is 13.2. The highest BCUT2D eigenvalue weighted by Crippen LogP contribution is 2.30. The monoisotopic (exact) mass is 482 g/mol. The second-order valence-electron chi connectivity index (χ2n) is 9.39. The molecule has 5 heteroatoms. The van der Waals surface area contributed by atoms with Crippen LogP contribution in [0.3, 0.4) is 0 Å². The van der Waals surface area contributed by atoms with Crippen LogP contribution >= 0.6 is 0 Å². The second-order valence-corrected chi connectivity index (χ2v) is 9.39. The first-order valence-corrected chi connectivity index (χ1v) is 12.8. The molecule has 0 fully saturated rings. The minimum absolute atomic E-state index is 0.188. The molecule has 0 saturated carbocycles. The van der Waals surface area contributed by atoms with Crippen molar-refractivity contribution in [2.45, 2.75) is 46.1 Å². The molecule has 4 rings (SSSR count). The summed E-state index contributed by atoms with van der Waals surface area (Å²) in [6, 6.07) is 23.7. The lowest BCUT2D eigenvalue weighted by Crippen LogP contribution is -2.19. The Morgan fingerprint density at radius 3 is 2.03 bits per heavy atom. The van der Waals surface area contributed by atoms with Gasteiger partial charge in [-0.15, -0.1) is 0 Å². The summed E-state index contributed by atoms with van der Waals surface area (Å²) in [7, 11) is 0. The van der Waals surface area contributed by atoms with Crippen molar-refractivity contribution in [2.75, 3.05) is 11.9 Å². The van der Waals surface area contributed by atoms with Gasteiger partial charge in [-0.3, -0.25) is 0 Å². The van der Waals surface area contributed by atoms with Gasteiger partial charge < -0.3 is 10.6 Å². The highest BCUT2D eigenvalue weighted by Gasteiger charge is 2.20. The summed E-state index contributed by atoms with van der Waals surface area (Å²) >= 11 is 0. The zero-order valence-corrected chi connectivity index (χ0v) is 21.4. The van der Waals surface area contributed by atoms with Crippen LogP contribution in [-0.4, -0.2) is 18.0 Å². The van der Waals surface area contributed by atoms with Gasteiger partial charge in [-0.1, -0.05) is 82.3 Å². The van der Waals surface area contributed by atoms with E-state index in [1.807, 2.05) is 0 Å². The van der Waals surface area contributed by atoms with Gasteiger partial charge in [-0.05, 0) is 58.9 Å². The van der Waals surface area contributed by atoms with Crippen LogP contribution in [0.2, 0.25) is 0 Å². The first-order valence-electron chi connectivity index (χ1n) is 12.8. The van der Waals surface area contributed by atoms with Crippen LogP contribution in [0.1, 0.15) is 68.3 Å². The summed E-state index contributed by atoms with van der Waals surface area (Å²) < 4.78 is 13.2. The molecule has 0 spiro atoms. The first kappa shape index (κ1) is 25.4. The average Bonchev–Trinajstić information content (AvgIpc) is 3.41. The van der Waals surface area contributed by atoms with E-state index < -0.39 is 0 Å². The molecule has 0 aromatic heterocycles. The number of nitrogens with one attached hydrogen (secondary N) is 2. The maximum Gasteiger partial charge on any atom is 0.123 e. The van der Waals surface area contributed by atoms with Gasteiger partial charge in [0.25, 0.3) is 0 Å². The van der Waals surface area contributed by atoms with Gasteiger partial charge in [-0.25, -0.2) is 4.39 Å². The Kier molecular flexibility index (Phi) is 8.32. The summed E-state index contributed by atoms with van der Waals surface area (Å²) in [4.78, 5) is 0. The third-order valence-corrected chi connectivity index (χ3v) is 6.76. The molecule has 1 aliphatic heterocycles. The summed E-state index contributed by atoms with van der Waals surface area (Å²) in [6.07, 6.45) is 2.78. The maximum absolute atomic E-state index is 13.2. The fourth-order valence-electron chi connectivity index (χ4n) is 4.31. The van der Waals surface area contributed by atoms with E-state index in [0.29, 0.717) is 12.3 Å². The van der Waals surface area contributed by atoms with Gasteiger partial charge >= 0.3 is 0 Å². The molecule has 2 N–H and O–H groups in total. The number of anilines is 1. The molecule has 0 bridgehead atoms. The van der Waals surface area contributed by atoms with Crippen molar-refractivity contribution < 1.29 is 4.39 Å². The summed E-state index contributed by atoms with van der Waals surface area (Å²) in [5, 5.41) is 15.8. The normalized spacial score (nSPS) is 14.6. The molecule has 1 heterocycles. The Balaban J connectivity index is 1.44. The number of hydrogen-bond acceptors (Lipinski definition) is 4. The van der Waals surface area contributed by atoms with Crippen LogP contribution in [0.5, 0.6) is 0 Å². The molecule has 2 unspecified atom stereocenters. The minimum Gasteiger partial charge on any atom is -0.385 e. The van der Waals surface area contributed by atoms with E-state index in [9.17, 15) is 4.39 Å². The standard InChI is InChI=1S/C31H35FN4/c1-5-19-33-22(4)23-13-17-28(18-14-23)34-31(21(3)6-2)26-9-7-24(8-10-26)29-20-30(36-35-29)25-11-15-27(32)16-12-25/h7-18,21,31,33-34H,4-6,19-20H2,1-3H3. The first-order chi connectivity index (χ1) is 17.5. The number of rotatable bonds is 11. The van der Waals surface area contributed by atoms with Crippen molar-refractivity contribution in [1.29, 1.82) is 0 Å². The molecular formula is C31H35FN4. The Morgan fingerprint density at radius 2 is 1.47 bits per heavy atom. The lowest BCUT2D eigenvalue weighted by atomic mass is 9.90. The van der Waals surface area contributed by atoms with Gasteiger partial charge in [0.15, 0.2) is 0 Å². The molecule has 1 aliphatic rings. The molecular weight excluding hydrogens is 447 g/mol. The Labute approximate surface area is 214 Å². The van der Waals surface area contributed by atoms with E-state index in [2.05, 4.69) is 96.7 Å². The van der Waals surface area contributed by atoms with E-state index >= 15 is 0 Å². The smallest absolute Gasteiger partial charge is 0.123 e. The third-order valence-electron chi connectivity index (χ3n) is 6.76. The Morgan fingerprint density at radius 1 is 0.889 bits per heavy atom. The molecule has 36 heavy (non-hydrogen) atoms.